The molecule has 2 aromatic heterocycles. The van der Waals surface area contributed by atoms with Gasteiger partial charge in [0.1, 0.15) is 34.9 Å². The van der Waals surface area contributed by atoms with Crippen LogP contribution in [0.1, 0.15) is 17.5 Å². The number of nitriles is 1. The summed E-state index contributed by atoms with van der Waals surface area (Å²) in [7, 11) is 1.73. The molecule has 1 aliphatic heterocycles. The second-order valence-corrected chi connectivity index (χ2v) is 5.97. The number of nitrogens with one attached hydrogen (secondary N) is 1. The van der Waals surface area contributed by atoms with Gasteiger partial charge in [-0.1, -0.05) is 11.6 Å². The molecule has 0 spiro atoms. The van der Waals surface area contributed by atoms with Gasteiger partial charge in [-0.2, -0.15) is 5.26 Å². The fourth-order valence-corrected chi connectivity index (χ4v) is 2.93. The normalized spacial score (nSPS) is 17.3. The summed E-state index contributed by atoms with van der Waals surface area (Å²) in [6.07, 6.45) is 1.50. The monoisotopic (exact) mass is 353 g/mol. The van der Waals surface area contributed by atoms with Crippen molar-refractivity contribution < 1.29 is 9.52 Å². The van der Waals surface area contributed by atoms with Crippen molar-refractivity contribution in [3.8, 4) is 6.07 Å². The number of hydrazine groups is 1. The molecule has 0 saturated heterocycles. The Morgan fingerprint density at radius 2 is 2.16 bits per heavy atom. The molecule has 3 heterocycles. The lowest BCUT2D eigenvalue weighted by atomic mass is 10.1. The van der Waals surface area contributed by atoms with Gasteiger partial charge in [0.2, 0.25) is 0 Å². The minimum absolute atomic E-state index is 0.0302. The van der Waals surface area contributed by atoms with Crippen molar-refractivity contribution in [3.05, 3.63) is 58.8 Å². The van der Waals surface area contributed by atoms with Gasteiger partial charge in [-0.05, 0) is 30.3 Å². The summed E-state index contributed by atoms with van der Waals surface area (Å²) in [5.74, 6) is 0.711. The minimum atomic E-state index is -0.725. The number of rotatable bonds is 1. The van der Waals surface area contributed by atoms with Crippen LogP contribution < -0.4 is 10.4 Å². The maximum Gasteiger partial charge on any atom is 0.170 e. The van der Waals surface area contributed by atoms with Crippen LogP contribution in [0.4, 0.5) is 5.82 Å². The Morgan fingerprint density at radius 1 is 1.32 bits per heavy atom. The van der Waals surface area contributed by atoms with Crippen LogP contribution in [0, 0.1) is 11.3 Å². The number of allylic oxidation sites excluding steroid dienone is 1. The van der Waals surface area contributed by atoms with E-state index in [1.54, 1.807) is 42.4 Å². The summed E-state index contributed by atoms with van der Waals surface area (Å²) in [5.41, 5.74) is 4.55. The van der Waals surface area contributed by atoms with E-state index < -0.39 is 6.04 Å². The molecule has 1 unspecified atom stereocenters. The standard InChI is InChI=1S/C17H12ClN5O2/c1-23-17-14(20-12-7-9(18)4-5-11(12)21-17)10(8-19)16(24)15(22-23)13-3-2-6-25-13/h2-7,15,22,24H,1H3. The molecular formula is C17H12ClN5O2. The summed E-state index contributed by atoms with van der Waals surface area (Å²) >= 11 is 6.02. The van der Waals surface area contributed by atoms with Crippen molar-refractivity contribution in [3.63, 3.8) is 0 Å². The lowest BCUT2D eigenvalue weighted by Crippen LogP contribution is -2.38. The molecule has 1 aromatic carbocycles. The molecule has 1 atom stereocenters. The molecule has 2 N–H and O–H groups in total. The highest BCUT2D eigenvalue weighted by atomic mass is 35.5. The van der Waals surface area contributed by atoms with Crippen LogP contribution in [-0.2, 0) is 0 Å². The molecule has 0 amide bonds. The molecule has 0 saturated carbocycles. The maximum absolute atomic E-state index is 10.7. The van der Waals surface area contributed by atoms with E-state index in [4.69, 9.17) is 16.0 Å². The number of benzene rings is 1. The molecule has 1 aliphatic rings. The van der Waals surface area contributed by atoms with Crippen molar-refractivity contribution in [2.75, 3.05) is 12.1 Å². The molecule has 8 heteroatoms. The molecule has 124 valence electrons. The number of hydrogen-bond acceptors (Lipinski definition) is 7. The van der Waals surface area contributed by atoms with Gasteiger partial charge in [0.25, 0.3) is 0 Å². The van der Waals surface area contributed by atoms with Crippen molar-refractivity contribution in [2.45, 2.75) is 6.04 Å². The van der Waals surface area contributed by atoms with Crippen molar-refractivity contribution in [1.82, 2.24) is 15.4 Å². The largest absolute Gasteiger partial charge is 0.509 e. The highest BCUT2D eigenvalue weighted by molar-refractivity contribution is 6.31. The first-order valence-corrected chi connectivity index (χ1v) is 7.80. The van der Waals surface area contributed by atoms with Crippen LogP contribution in [0.2, 0.25) is 5.02 Å². The lowest BCUT2D eigenvalue weighted by molar-refractivity contribution is 0.318. The second kappa shape index (κ2) is 5.77. The van der Waals surface area contributed by atoms with Crippen LogP contribution in [0.25, 0.3) is 16.6 Å². The Labute approximate surface area is 147 Å². The first kappa shape index (κ1) is 15.4. The number of hydrogen-bond donors (Lipinski definition) is 2. The molecule has 0 aliphatic carbocycles. The molecule has 3 aromatic rings. The molecule has 0 radical (unpaired) electrons. The van der Waals surface area contributed by atoms with E-state index in [-0.39, 0.29) is 17.0 Å². The highest BCUT2D eigenvalue weighted by Crippen LogP contribution is 2.35. The van der Waals surface area contributed by atoms with Gasteiger partial charge in [0.05, 0.1) is 17.3 Å². The predicted molar refractivity (Wildman–Crippen MR) is 92.7 cm³/mol. The average molecular weight is 354 g/mol. The zero-order chi connectivity index (χ0) is 17.6. The first-order chi connectivity index (χ1) is 12.1. The molecule has 25 heavy (non-hydrogen) atoms. The Hall–Kier alpha value is -3.08. The quantitative estimate of drug-likeness (QED) is 0.692. The number of furan rings is 1. The van der Waals surface area contributed by atoms with Crippen LogP contribution in [0.3, 0.4) is 0 Å². The Morgan fingerprint density at radius 3 is 2.88 bits per heavy atom. The van der Waals surface area contributed by atoms with Gasteiger partial charge >= 0.3 is 0 Å². The van der Waals surface area contributed by atoms with E-state index in [0.29, 0.717) is 27.6 Å². The lowest BCUT2D eigenvalue weighted by Gasteiger charge is -2.23. The third kappa shape index (κ3) is 2.48. The second-order valence-electron chi connectivity index (χ2n) is 5.54. The maximum atomic E-state index is 10.7. The topological polar surface area (TPSA) is 98.2 Å². The van der Waals surface area contributed by atoms with Crippen molar-refractivity contribution in [1.29, 1.82) is 5.26 Å². The van der Waals surface area contributed by atoms with Crippen molar-refractivity contribution in [2.24, 2.45) is 0 Å². The number of nitrogens with zero attached hydrogens (tertiary/aromatic N) is 4. The van der Waals surface area contributed by atoms with E-state index in [2.05, 4.69) is 15.4 Å². The Kier molecular flexibility index (Phi) is 3.57. The minimum Gasteiger partial charge on any atom is -0.509 e. The van der Waals surface area contributed by atoms with Gasteiger partial charge < -0.3 is 9.52 Å². The number of aliphatic hydroxyl groups excluding tert-OH is 1. The van der Waals surface area contributed by atoms with E-state index in [9.17, 15) is 10.4 Å². The zero-order valence-corrected chi connectivity index (χ0v) is 13.8. The summed E-state index contributed by atoms with van der Waals surface area (Å²) < 4.78 is 5.38. The van der Waals surface area contributed by atoms with Crippen LogP contribution in [-0.4, -0.2) is 22.1 Å². The predicted octanol–water partition coefficient (Wildman–Crippen LogP) is 3.36. The van der Waals surface area contributed by atoms with E-state index >= 15 is 0 Å². The van der Waals surface area contributed by atoms with Gasteiger partial charge in [-0.15, -0.1) is 0 Å². The van der Waals surface area contributed by atoms with E-state index in [1.807, 2.05) is 6.07 Å². The highest BCUT2D eigenvalue weighted by Gasteiger charge is 2.32. The Balaban J connectivity index is 1.98. The van der Waals surface area contributed by atoms with Crippen LogP contribution in [0.5, 0.6) is 0 Å². The third-order valence-corrected chi connectivity index (χ3v) is 4.19. The summed E-state index contributed by atoms with van der Waals surface area (Å²) in [4.78, 5) is 9.07. The SMILES string of the molecule is CN1NC(c2ccco2)C(O)=C(C#N)c2nc3cc(Cl)ccc3nc21. The summed E-state index contributed by atoms with van der Waals surface area (Å²) in [6.45, 7) is 0. The summed E-state index contributed by atoms with van der Waals surface area (Å²) in [5, 5.41) is 22.4. The first-order valence-electron chi connectivity index (χ1n) is 7.42. The molecule has 4 rings (SSSR count). The Bertz CT molecular complexity index is 1040. The van der Waals surface area contributed by atoms with Gasteiger partial charge in [-0.3, -0.25) is 5.01 Å². The van der Waals surface area contributed by atoms with Crippen LogP contribution >= 0.6 is 11.6 Å². The zero-order valence-electron chi connectivity index (χ0n) is 13.1. The van der Waals surface area contributed by atoms with E-state index in [1.165, 1.54) is 6.26 Å². The van der Waals surface area contributed by atoms with E-state index in [0.717, 1.165) is 0 Å². The number of anilines is 1. The fourth-order valence-electron chi connectivity index (χ4n) is 2.77. The molecule has 0 bridgehead atoms. The fraction of sp³-hybridized carbons (Fsp3) is 0.118. The number of fused-ring (bicyclic) bond motifs is 2. The average Bonchev–Trinajstić information content (AvgIpc) is 3.10. The van der Waals surface area contributed by atoms with Crippen LogP contribution in [0.15, 0.2) is 46.8 Å². The molecular weight excluding hydrogens is 342 g/mol. The third-order valence-electron chi connectivity index (χ3n) is 3.95. The van der Waals surface area contributed by atoms with Gasteiger partial charge in [0, 0.05) is 12.1 Å². The molecule has 0 fully saturated rings. The van der Waals surface area contributed by atoms with Gasteiger partial charge in [-0.25, -0.2) is 15.4 Å². The van der Waals surface area contributed by atoms with Gasteiger partial charge in [0.15, 0.2) is 5.82 Å². The number of aliphatic hydroxyl groups is 1. The number of aromatic nitrogens is 2. The van der Waals surface area contributed by atoms with Crippen molar-refractivity contribution >= 4 is 34.0 Å². The molecule has 7 nitrogen and oxygen atoms in total. The summed E-state index contributed by atoms with van der Waals surface area (Å²) in [6, 6.07) is 9.86. The number of halogens is 1. The smallest absolute Gasteiger partial charge is 0.170 e.